The average Bonchev–Trinajstić information content (AvgIpc) is 2.63. The standard InChI is InChI=1S/C11H11N3O/c1-14-6-5-13-11(14)10(15)8-3-2-4-9(12)7-8/h2-7H,12H2,1H3. The molecule has 1 aromatic heterocycles. The molecule has 0 saturated heterocycles. The largest absolute Gasteiger partial charge is 0.399 e. The van der Waals surface area contributed by atoms with E-state index < -0.39 is 0 Å². The molecule has 4 nitrogen and oxygen atoms in total. The lowest BCUT2D eigenvalue weighted by Gasteiger charge is -2.01. The van der Waals surface area contributed by atoms with Gasteiger partial charge in [-0.05, 0) is 12.1 Å². The van der Waals surface area contributed by atoms with Crippen molar-refractivity contribution in [2.24, 2.45) is 7.05 Å². The number of ketones is 1. The molecular weight excluding hydrogens is 190 g/mol. The molecule has 0 amide bonds. The highest BCUT2D eigenvalue weighted by Gasteiger charge is 2.13. The van der Waals surface area contributed by atoms with Crippen molar-refractivity contribution in [3.8, 4) is 0 Å². The lowest BCUT2D eigenvalue weighted by molar-refractivity contribution is 0.102. The van der Waals surface area contributed by atoms with Gasteiger partial charge in [0.25, 0.3) is 0 Å². The number of benzene rings is 1. The molecule has 0 aliphatic heterocycles. The van der Waals surface area contributed by atoms with Crippen LogP contribution in [0.1, 0.15) is 16.2 Å². The summed E-state index contributed by atoms with van der Waals surface area (Å²) in [5, 5.41) is 0. The predicted octanol–water partition coefficient (Wildman–Crippen LogP) is 1.23. The van der Waals surface area contributed by atoms with E-state index in [-0.39, 0.29) is 5.78 Å². The van der Waals surface area contributed by atoms with Crippen molar-refractivity contribution in [1.29, 1.82) is 0 Å². The SMILES string of the molecule is Cn1ccnc1C(=O)c1cccc(N)c1. The second kappa shape index (κ2) is 3.57. The van der Waals surface area contributed by atoms with Gasteiger partial charge in [0.05, 0.1) is 0 Å². The molecule has 1 heterocycles. The van der Waals surface area contributed by atoms with Crippen molar-refractivity contribution in [1.82, 2.24) is 9.55 Å². The number of anilines is 1. The first-order valence-corrected chi connectivity index (χ1v) is 4.56. The molecule has 0 unspecified atom stereocenters. The third kappa shape index (κ3) is 1.74. The third-order valence-corrected chi connectivity index (χ3v) is 2.17. The summed E-state index contributed by atoms with van der Waals surface area (Å²) in [5.41, 5.74) is 6.75. The first-order chi connectivity index (χ1) is 7.18. The minimum absolute atomic E-state index is 0.116. The Bertz CT molecular complexity index is 502. The monoisotopic (exact) mass is 201 g/mol. The lowest BCUT2D eigenvalue weighted by Crippen LogP contribution is -2.08. The van der Waals surface area contributed by atoms with Crippen LogP contribution in [0.2, 0.25) is 0 Å². The maximum Gasteiger partial charge on any atom is 0.228 e. The Morgan fingerprint density at radius 2 is 2.27 bits per heavy atom. The quantitative estimate of drug-likeness (QED) is 0.587. The van der Waals surface area contributed by atoms with Crippen LogP contribution in [0, 0.1) is 0 Å². The van der Waals surface area contributed by atoms with Gasteiger partial charge < -0.3 is 10.3 Å². The van der Waals surface area contributed by atoms with Gasteiger partial charge in [-0.3, -0.25) is 4.79 Å². The first kappa shape index (κ1) is 9.45. The van der Waals surface area contributed by atoms with E-state index in [4.69, 9.17) is 5.73 Å². The molecular formula is C11H11N3O. The summed E-state index contributed by atoms with van der Waals surface area (Å²) in [5.74, 6) is 0.301. The highest BCUT2D eigenvalue weighted by atomic mass is 16.1. The summed E-state index contributed by atoms with van der Waals surface area (Å²) >= 11 is 0. The number of aromatic nitrogens is 2. The predicted molar refractivity (Wildman–Crippen MR) is 57.5 cm³/mol. The van der Waals surface area contributed by atoms with Crippen LogP contribution in [0.25, 0.3) is 0 Å². The van der Waals surface area contributed by atoms with E-state index in [0.29, 0.717) is 17.1 Å². The summed E-state index contributed by atoms with van der Waals surface area (Å²) in [4.78, 5) is 15.9. The Labute approximate surface area is 87.4 Å². The number of carbonyl (C=O) groups excluding carboxylic acids is 1. The van der Waals surface area contributed by atoms with Gasteiger partial charge >= 0.3 is 0 Å². The van der Waals surface area contributed by atoms with Crippen molar-refractivity contribution in [2.45, 2.75) is 0 Å². The van der Waals surface area contributed by atoms with Crippen LogP contribution in [0.3, 0.4) is 0 Å². The topological polar surface area (TPSA) is 60.9 Å². The van der Waals surface area contributed by atoms with Gasteiger partial charge in [-0.25, -0.2) is 4.98 Å². The fourth-order valence-corrected chi connectivity index (χ4v) is 1.39. The molecule has 15 heavy (non-hydrogen) atoms. The zero-order valence-electron chi connectivity index (χ0n) is 8.34. The molecule has 4 heteroatoms. The number of hydrogen-bond donors (Lipinski definition) is 1. The summed E-state index contributed by atoms with van der Waals surface area (Å²) < 4.78 is 1.69. The Morgan fingerprint density at radius 3 is 2.87 bits per heavy atom. The molecule has 0 fully saturated rings. The number of nitrogens with zero attached hydrogens (tertiary/aromatic N) is 2. The van der Waals surface area contributed by atoms with Gasteiger partial charge in [0.15, 0.2) is 5.82 Å². The number of nitrogen functional groups attached to an aromatic ring is 1. The average molecular weight is 201 g/mol. The Kier molecular flexibility index (Phi) is 2.25. The van der Waals surface area contributed by atoms with Gasteiger partial charge in [-0.15, -0.1) is 0 Å². The number of rotatable bonds is 2. The maximum absolute atomic E-state index is 11.9. The fourth-order valence-electron chi connectivity index (χ4n) is 1.39. The molecule has 0 saturated carbocycles. The van der Waals surface area contributed by atoms with Crippen molar-refractivity contribution in [3.05, 3.63) is 48.0 Å². The van der Waals surface area contributed by atoms with Gasteiger partial charge in [0, 0.05) is 30.7 Å². The zero-order chi connectivity index (χ0) is 10.8. The van der Waals surface area contributed by atoms with Crippen molar-refractivity contribution >= 4 is 11.5 Å². The smallest absolute Gasteiger partial charge is 0.228 e. The van der Waals surface area contributed by atoms with Gasteiger partial charge in [-0.2, -0.15) is 0 Å². The maximum atomic E-state index is 11.9. The van der Waals surface area contributed by atoms with E-state index >= 15 is 0 Å². The number of nitrogens with two attached hydrogens (primary N) is 1. The number of carbonyl (C=O) groups is 1. The molecule has 2 aromatic rings. The number of aryl methyl sites for hydroxylation is 1. The van der Waals surface area contributed by atoms with Crippen LogP contribution in [-0.4, -0.2) is 15.3 Å². The molecule has 0 aliphatic carbocycles. The third-order valence-electron chi connectivity index (χ3n) is 2.17. The van der Waals surface area contributed by atoms with E-state index in [0.717, 1.165) is 0 Å². The van der Waals surface area contributed by atoms with Crippen molar-refractivity contribution < 1.29 is 4.79 Å². The summed E-state index contributed by atoms with van der Waals surface area (Å²) in [6.07, 6.45) is 3.33. The molecule has 2 rings (SSSR count). The van der Waals surface area contributed by atoms with E-state index in [2.05, 4.69) is 4.98 Å². The van der Waals surface area contributed by atoms with Crippen molar-refractivity contribution in [3.63, 3.8) is 0 Å². The van der Waals surface area contributed by atoms with Crippen LogP contribution in [-0.2, 0) is 7.05 Å². The van der Waals surface area contributed by atoms with Gasteiger partial charge in [-0.1, -0.05) is 12.1 Å². The molecule has 1 aromatic carbocycles. The van der Waals surface area contributed by atoms with Crippen LogP contribution in [0.15, 0.2) is 36.7 Å². The molecule has 0 aliphatic rings. The molecule has 0 atom stereocenters. The molecule has 0 spiro atoms. The lowest BCUT2D eigenvalue weighted by atomic mass is 10.1. The van der Waals surface area contributed by atoms with Gasteiger partial charge in [0.2, 0.25) is 5.78 Å². The molecule has 2 N–H and O–H groups in total. The van der Waals surface area contributed by atoms with Crippen LogP contribution in [0.5, 0.6) is 0 Å². The van der Waals surface area contributed by atoms with Crippen molar-refractivity contribution in [2.75, 3.05) is 5.73 Å². The molecule has 0 bridgehead atoms. The summed E-state index contributed by atoms with van der Waals surface area (Å²) in [7, 11) is 1.78. The number of hydrogen-bond acceptors (Lipinski definition) is 3. The summed E-state index contributed by atoms with van der Waals surface area (Å²) in [6, 6.07) is 6.88. The van der Waals surface area contributed by atoms with E-state index in [1.807, 2.05) is 0 Å². The summed E-state index contributed by atoms with van der Waals surface area (Å²) in [6.45, 7) is 0. The highest BCUT2D eigenvalue weighted by molar-refractivity contribution is 6.07. The Balaban J connectivity index is 2.41. The second-order valence-electron chi connectivity index (χ2n) is 3.32. The Morgan fingerprint density at radius 1 is 1.47 bits per heavy atom. The highest BCUT2D eigenvalue weighted by Crippen LogP contribution is 2.11. The normalized spacial score (nSPS) is 10.2. The zero-order valence-corrected chi connectivity index (χ0v) is 8.34. The first-order valence-electron chi connectivity index (χ1n) is 4.56. The van der Waals surface area contributed by atoms with E-state index in [9.17, 15) is 4.79 Å². The Hall–Kier alpha value is -2.10. The molecule has 0 radical (unpaired) electrons. The van der Waals surface area contributed by atoms with E-state index in [1.54, 1.807) is 48.3 Å². The number of imidazole rings is 1. The van der Waals surface area contributed by atoms with Gasteiger partial charge in [0.1, 0.15) is 0 Å². The van der Waals surface area contributed by atoms with Crippen LogP contribution >= 0.6 is 0 Å². The minimum atomic E-state index is -0.116. The van der Waals surface area contributed by atoms with Crippen LogP contribution < -0.4 is 5.73 Å². The van der Waals surface area contributed by atoms with E-state index in [1.165, 1.54) is 0 Å². The molecule has 76 valence electrons. The van der Waals surface area contributed by atoms with Crippen LogP contribution in [0.4, 0.5) is 5.69 Å². The fraction of sp³-hybridized carbons (Fsp3) is 0.0909. The second-order valence-corrected chi connectivity index (χ2v) is 3.32. The minimum Gasteiger partial charge on any atom is -0.399 e.